The Balaban J connectivity index is 2.61. The molecule has 1 aromatic carbocycles. The predicted molar refractivity (Wildman–Crippen MR) is 54.6 cm³/mol. The zero-order chi connectivity index (χ0) is 12.1. The first-order valence-corrected chi connectivity index (χ1v) is 6.62. The van der Waals surface area contributed by atoms with E-state index in [9.17, 15) is 17.2 Å². The van der Waals surface area contributed by atoms with Crippen molar-refractivity contribution < 1.29 is 17.2 Å². The third-order valence-electron chi connectivity index (χ3n) is 2.73. The Labute approximate surface area is 92.2 Å². The second kappa shape index (κ2) is 3.24. The first-order valence-electron chi connectivity index (χ1n) is 4.72. The average molecular weight is 247 g/mol. The number of hydrogen-bond acceptors (Lipinski definition) is 3. The summed E-state index contributed by atoms with van der Waals surface area (Å²) in [7, 11) is -3.90. The van der Waals surface area contributed by atoms with Crippen LogP contribution in [0.4, 0.5) is 8.78 Å². The van der Waals surface area contributed by atoms with Crippen molar-refractivity contribution in [3.05, 3.63) is 29.3 Å². The van der Waals surface area contributed by atoms with E-state index in [1.807, 2.05) is 0 Å². The Morgan fingerprint density at radius 2 is 1.69 bits per heavy atom. The Bertz CT molecular complexity index is 527. The van der Waals surface area contributed by atoms with E-state index in [1.165, 1.54) is 0 Å². The number of benzene rings is 1. The van der Waals surface area contributed by atoms with E-state index >= 15 is 0 Å². The van der Waals surface area contributed by atoms with E-state index in [-0.39, 0.29) is 0 Å². The van der Waals surface area contributed by atoms with Gasteiger partial charge in [0.1, 0.15) is 16.5 Å². The standard InChI is InChI=1S/C10H11F2NO2S/c1-16(14,15)9-7(11)4-6(5-8(9)12)10(13)2-3-10/h4-5H,2-3,13H2,1H3. The van der Waals surface area contributed by atoms with E-state index in [0.29, 0.717) is 18.4 Å². The number of halogens is 2. The fraction of sp³-hybridized carbons (Fsp3) is 0.400. The summed E-state index contributed by atoms with van der Waals surface area (Å²) in [4.78, 5) is -0.888. The van der Waals surface area contributed by atoms with Gasteiger partial charge in [-0.2, -0.15) is 0 Å². The summed E-state index contributed by atoms with van der Waals surface area (Å²) < 4.78 is 49.3. The number of hydrogen-bond donors (Lipinski definition) is 1. The minimum Gasteiger partial charge on any atom is -0.321 e. The molecule has 0 heterocycles. The van der Waals surface area contributed by atoms with Gasteiger partial charge in [0.2, 0.25) is 0 Å². The highest BCUT2D eigenvalue weighted by molar-refractivity contribution is 7.90. The van der Waals surface area contributed by atoms with Crippen molar-refractivity contribution in [2.45, 2.75) is 23.3 Å². The highest BCUT2D eigenvalue weighted by Gasteiger charge is 2.41. The van der Waals surface area contributed by atoms with Gasteiger partial charge in [0.05, 0.1) is 0 Å². The molecule has 16 heavy (non-hydrogen) atoms. The second-order valence-corrected chi connectivity index (χ2v) is 6.15. The second-order valence-electron chi connectivity index (χ2n) is 4.20. The van der Waals surface area contributed by atoms with Crippen LogP contribution >= 0.6 is 0 Å². The van der Waals surface area contributed by atoms with Gasteiger partial charge in [-0.1, -0.05) is 0 Å². The maximum absolute atomic E-state index is 13.5. The summed E-state index contributed by atoms with van der Waals surface area (Å²) in [6.07, 6.45) is 2.08. The molecule has 0 spiro atoms. The molecule has 0 aliphatic heterocycles. The molecule has 1 aliphatic carbocycles. The fourth-order valence-corrected chi connectivity index (χ4v) is 2.45. The number of sulfone groups is 1. The summed E-state index contributed by atoms with van der Waals surface area (Å²) in [5.41, 5.74) is 5.41. The maximum atomic E-state index is 13.5. The lowest BCUT2D eigenvalue weighted by Crippen LogP contribution is -2.20. The third-order valence-corrected chi connectivity index (χ3v) is 3.86. The van der Waals surface area contributed by atoms with Crippen LogP contribution in [-0.2, 0) is 15.4 Å². The van der Waals surface area contributed by atoms with E-state index in [4.69, 9.17) is 5.73 Å². The Hall–Kier alpha value is -1.01. The largest absolute Gasteiger partial charge is 0.321 e. The number of rotatable bonds is 2. The Morgan fingerprint density at radius 3 is 2.00 bits per heavy atom. The van der Waals surface area contributed by atoms with Crippen molar-refractivity contribution >= 4 is 9.84 Å². The van der Waals surface area contributed by atoms with E-state index in [0.717, 1.165) is 18.4 Å². The lowest BCUT2D eigenvalue weighted by atomic mass is 10.1. The highest BCUT2D eigenvalue weighted by Crippen LogP contribution is 2.43. The molecule has 6 heteroatoms. The molecule has 1 saturated carbocycles. The van der Waals surface area contributed by atoms with Crippen molar-refractivity contribution in [2.75, 3.05) is 6.26 Å². The van der Waals surface area contributed by atoms with Gasteiger partial charge in [0.15, 0.2) is 9.84 Å². The molecule has 1 aromatic rings. The third kappa shape index (κ3) is 1.82. The highest BCUT2D eigenvalue weighted by atomic mass is 32.2. The molecule has 0 atom stereocenters. The quantitative estimate of drug-likeness (QED) is 0.857. The fourth-order valence-electron chi connectivity index (χ4n) is 1.62. The van der Waals surface area contributed by atoms with Crippen LogP contribution in [0, 0.1) is 11.6 Å². The van der Waals surface area contributed by atoms with Gasteiger partial charge in [-0.3, -0.25) is 0 Å². The summed E-state index contributed by atoms with van der Waals surface area (Å²) in [5.74, 6) is -2.15. The van der Waals surface area contributed by atoms with Crippen LogP contribution in [0.25, 0.3) is 0 Å². The molecule has 0 unspecified atom stereocenters. The van der Waals surface area contributed by atoms with Crippen LogP contribution in [0.2, 0.25) is 0 Å². The van der Waals surface area contributed by atoms with Gasteiger partial charge in [0, 0.05) is 11.8 Å². The maximum Gasteiger partial charge on any atom is 0.181 e. The van der Waals surface area contributed by atoms with Gasteiger partial charge in [-0.25, -0.2) is 17.2 Å². The van der Waals surface area contributed by atoms with Gasteiger partial charge in [-0.05, 0) is 30.5 Å². The zero-order valence-electron chi connectivity index (χ0n) is 8.63. The predicted octanol–water partition coefficient (Wildman–Crippen LogP) is 1.32. The molecule has 0 radical (unpaired) electrons. The first-order chi connectivity index (χ1) is 7.24. The minimum atomic E-state index is -3.90. The van der Waals surface area contributed by atoms with Crippen LogP contribution in [0.15, 0.2) is 17.0 Å². The molecular weight excluding hydrogens is 236 g/mol. The van der Waals surface area contributed by atoms with Crippen molar-refractivity contribution in [1.82, 2.24) is 0 Å². The van der Waals surface area contributed by atoms with E-state index in [1.54, 1.807) is 0 Å². The van der Waals surface area contributed by atoms with Crippen molar-refractivity contribution in [3.63, 3.8) is 0 Å². The molecule has 0 bridgehead atoms. The van der Waals surface area contributed by atoms with Crippen LogP contribution in [-0.4, -0.2) is 14.7 Å². The van der Waals surface area contributed by atoms with Crippen molar-refractivity contribution in [1.29, 1.82) is 0 Å². The molecule has 2 rings (SSSR count). The molecule has 2 N–H and O–H groups in total. The van der Waals surface area contributed by atoms with Crippen LogP contribution in [0.1, 0.15) is 18.4 Å². The molecule has 88 valence electrons. The van der Waals surface area contributed by atoms with Crippen molar-refractivity contribution in [3.8, 4) is 0 Å². The first kappa shape index (κ1) is 11.5. The van der Waals surface area contributed by atoms with Gasteiger partial charge >= 0.3 is 0 Å². The van der Waals surface area contributed by atoms with Gasteiger partial charge in [0.25, 0.3) is 0 Å². The van der Waals surface area contributed by atoms with E-state index in [2.05, 4.69) is 0 Å². The Kier molecular flexibility index (Phi) is 2.32. The monoisotopic (exact) mass is 247 g/mol. The molecule has 0 amide bonds. The Morgan fingerprint density at radius 1 is 1.25 bits per heavy atom. The number of nitrogens with two attached hydrogens (primary N) is 1. The summed E-state index contributed by atoms with van der Waals surface area (Å²) in [6.45, 7) is 0. The molecule has 1 fully saturated rings. The van der Waals surface area contributed by atoms with Crippen molar-refractivity contribution in [2.24, 2.45) is 5.73 Å². The SMILES string of the molecule is CS(=O)(=O)c1c(F)cc(C2(N)CC2)cc1F. The molecule has 3 nitrogen and oxygen atoms in total. The average Bonchev–Trinajstić information content (AvgIpc) is 2.80. The van der Waals surface area contributed by atoms with Crippen LogP contribution < -0.4 is 5.73 Å². The van der Waals surface area contributed by atoms with Crippen LogP contribution in [0.3, 0.4) is 0 Å². The molecule has 0 saturated heterocycles. The topological polar surface area (TPSA) is 60.2 Å². The normalized spacial score (nSPS) is 18.5. The smallest absolute Gasteiger partial charge is 0.181 e. The van der Waals surface area contributed by atoms with Gasteiger partial charge < -0.3 is 5.73 Å². The lowest BCUT2D eigenvalue weighted by Gasteiger charge is -2.11. The minimum absolute atomic E-state index is 0.315. The summed E-state index contributed by atoms with van der Waals surface area (Å²) in [5, 5.41) is 0. The summed E-state index contributed by atoms with van der Waals surface area (Å²) in [6, 6.07) is 2.01. The van der Waals surface area contributed by atoms with E-state index < -0.39 is 31.9 Å². The zero-order valence-corrected chi connectivity index (χ0v) is 9.44. The van der Waals surface area contributed by atoms with Crippen LogP contribution in [0.5, 0.6) is 0 Å². The summed E-state index contributed by atoms with van der Waals surface area (Å²) >= 11 is 0. The molecule has 1 aliphatic rings. The van der Waals surface area contributed by atoms with Gasteiger partial charge in [-0.15, -0.1) is 0 Å². The molecular formula is C10H11F2NO2S. The molecule has 0 aromatic heterocycles. The lowest BCUT2D eigenvalue weighted by molar-refractivity contribution is 0.514.